The molecule has 0 bridgehead atoms. The third kappa shape index (κ3) is 8.14. The minimum Gasteiger partial charge on any atom is -0.339 e. The van der Waals surface area contributed by atoms with Gasteiger partial charge in [0.2, 0.25) is 5.91 Å². The number of hydrogen-bond donors (Lipinski definition) is 6. The number of carbonyl (C=O) groups excluding carboxylic acids is 3. The highest BCUT2D eigenvalue weighted by molar-refractivity contribution is 5.97. The van der Waals surface area contributed by atoms with Crippen LogP contribution < -0.4 is 27.2 Å². The third-order valence-corrected chi connectivity index (χ3v) is 5.35. The van der Waals surface area contributed by atoms with E-state index in [9.17, 15) is 27.6 Å². The first-order valence-corrected chi connectivity index (χ1v) is 11.5. The molecule has 1 atom stereocenters. The van der Waals surface area contributed by atoms with E-state index < -0.39 is 41.2 Å². The van der Waals surface area contributed by atoms with Gasteiger partial charge in [0.1, 0.15) is 6.04 Å². The molecule has 0 unspecified atom stereocenters. The van der Waals surface area contributed by atoms with Gasteiger partial charge in [-0.15, -0.1) is 0 Å². The number of anilines is 1. The van der Waals surface area contributed by atoms with E-state index in [4.69, 9.17) is 10.9 Å². The molecule has 0 aromatic heterocycles. The Morgan fingerprint density at radius 1 is 0.872 bits per heavy atom. The molecule has 0 aliphatic carbocycles. The Bertz CT molecular complexity index is 1400. The van der Waals surface area contributed by atoms with Crippen molar-refractivity contribution in [3.8, 4) is 11.8 Å². The smallest absolute Gasteiger partial charge is 0.267 e. The van der Waals surface area contributed by atoms with E-state index in [0.29, 0.717) is 16.8 Å². The third-order valence-electron chi connectivity index (χ3n) is 5.35. The summed E-state index contributed by atoms with van der Waals surface area (Å²) in [6.07, 6.45) is 0. The molecule has 9 nitrogen and oxygen atoms in total. The zero-order chi connectivity index (χ0) is 28.4. The first-order valence-electron chi connectivity index (χ1n) is 11.5. The predicted molar refractivity (Wildman–Crippen MR) is 136 cm³/mol. The van der Waals surface area contributed by atoms with Gasteiger partial charge < -0.3 is 21.7 Å². The minimum atomic E-state index is -1.56. The van der Waals surface area contributed by atoms with Crippen LogP contribution in [0.4, 0.5) is 18.9 Å². The van der Waals surface area contributed by atoms with Crippen molar-refractivity contribution < 1.29 is 32.8 Å². The SMILES string of the molecule is NC[C@H](NC(=O)c1ccc(C#Cc2ccc(NC(=O)CNCc3ccc(F)c(F)c3F)cc2)cc1)C(=O)NO. The first-order chi connectivity index (χ1) is 18.7. The van der Waals surface area contributed by atoms with Crippen molar-refractivity contribution >= 4 is 23.4 Å². The number of hydrogen-bond acceptors (Lipinski definition) is 6. The van der Waals surface area contributed by atoms with E-state index >= 15 is 0 Å². The van der Waals surface area contributed by atoms with Gasteiger partial charge in [-0.3, -0.25) is 19.6 Å². The molecule has 0 spiro atoms. The van der Waals surface area contributed by atoms with Gasteiger partial charge in [-0.25, -0.2) is 18.7 Å². The van der Waals surface area contributed by atoms with Crippen LogP contribution in [0.5, 0.6) is 0 Å². The average Bonchev–Trinajstić information content (AvgIpc) is 2.95. The number of hydroxylamine groups is 1. The highest BCUT2D eigenvalue weighted by Gasteiger charge is 2.19. The lowest BCUT2D eigenvalue weighted by molar-refractivity contribution is -0.130. The summed E-state index contributed by atoms with van der Waals surface area (Å²) in [5.41, 5.74) is 8.80. The topological polar surface area (TPSA) is 146 Å². The van der Waals surface area contributed by atoms with Gasteiger partial charge in [0.05, 0.1) is 6.54 Å². The highest BCUT2D eigenvalue weighted by Crippen LogP contribution is 2.15. The molecular formula is C27H24F3N5O4. The van der Waals surface area contributed by atoms with Crippen LogP contribution in [-0.2, 0) is 16.1 Å². The molecule has 202 valence electrons. The molecule has 3 aromatic carbocycles. The first kappa shape index (κ1) is 28.9. The maximum Gasteiger partial charge on any atom is 0.267 e. The summed E-state index contributed by atoms with van der Waals surface area (Å²) in [7, 11) is 0. The zero-order valence-corrected chi connectivity index (χ0v) is 20.4. The Labute approximate surface area is 221 Å². The number of rotatable bonds is 9. The summed E-state index contributed by atoms with van der Waals surface area (Å²) in [5.74, 6) is -0.0348. The van der Waals surface area contributed by atoms with Crippen molar-refractivity contribution in [3.05, 3.63) is 100 Å². The number of amides is 3. The number of carbonyl (C=O) groups is 3. The van der Waals surface area contributed by atoms with Crippen LogP contribution in [0.3, 0.4) is 0 Å². The van der Waals surface area contributed by atoms with Crippen LogP contribution >= 0.6 is 0 Å². The van der Waals surface area contributed by atoms with Crippen LogP contribution in [-0.4, -0.2) is 42.1 Å². The van der Waals surface area contributed by atoms with Crippen molar-refractivity contribution in [3.63, 3.8) is 0 Å². The quantitative estimate of drug-likeness (QED) is 0.106. The van der Waals surface area contributed by atoms with Gasteiger partial charge in [0.25, 0.3) is 11.8 Å². The summed E-state index contributed by atoms with van der Waals surface area (Å²) in [4.78, 5) is 35.8. The number of halogens is 3. The van der Waals surface area contributed by atoms with E-state index in [1.807, 2.05) is 0 Å². The van der Waals surface area contributed by atoms with Gasteiger partial charge in [0, 0.05) is 41.0 Å². The van der Waals surface area contributed by atoms with Crippen molar-refractivity contribution in [2.45, 2.75) is 12.6 Å². The normalized spacial score (nSPS) is 11.1. The molecule has 0 saturated carbocycles. The van der Waals surface area contributed by atoms with Gasteiger partial charge >= 0.3 is 0 Å². The highest BCUT2D eigenvalue weighted by atomic mass is 19.2. The van der Waals surface area contributed by atoms with E-state index in [1.165, 1.54) is 17.6 Å². The predicted octanol–water partition coefficient (Wildman–Crippen LogP) is 1.79. The lowest BCUT2D eigenvalue weighted by atomic mass is 10.1. The maximum atomic E-state index is 13.7. The molecule has 0 saturated heterocycles. The zero-order valence-electron chi connectivity index (χ0n) is 20.4. The summed E-state index contributed by atoms with van der Waals surface area (Å²) < 4.78 is 39.9. The molecule has 0 aliphatic heterocycles. The largest absolute Gasteiger partial charge is 0.339 e. The van der Waals surface area contributed by atoms with Gasteiger partial charge in [-0.2, -0.15) is 0 Å². The maximum absolute atomic E-state index is 13.7. The summed E-state index contributed by atoms with van der Waals surface area (Å²) in [6.45, 7) is -0.538. The Hall–Kier alpha value is -4.70. The Balaban J connectivity index is 1.50. The van der Waals surface area contributed by atoms with Crippen LogP contribution in [0.15, 0.2) is 60.7 Å². The second-order valence-electron chi connectivity index (χ2n) is 8.13. The second-order valence-corrected chi connectivity index (χ2v) is 8.13. The van der Waals surface area contributed by atoms with Crippen LogP contribution in [0.1, 0.15) is 27.0 Å². The molecule has 0 radical (unpaired) electrons. The molecule has 0 aliphatic rings. The molecule has 3 amide bonds. The minimum absolute atomic E-state index is 0.102. The van der Waals surface area contributed by atoms with Crippen molar-refractivity contribution in [2.24, 2.45) is 5.73 Å². The monoisotopic (exact) mass is 539 g/mol. The van der Waals surface area contributed by atoms with Crippen molar-refractivity contribution in [1.29, 1.82) is 0 Å². The second kappa shape index (κ2) is 13.7. The average molecular weight is 540 g/mol. The number of nitrogens with one attached hydrogen (secondary N) is 4. The summed E-state index contributed by atoms with van der Waals surface area (Å²) >= 11 is 0. The molecule has 0 heterocycles. The fourth-order valence-corrected chi connectivity index (χ4v) is 3.26. The lowest BCUT2D eigenvalue weighted by Crippen LogP contribution is -2.50. The molecule has 39 heavy (non-hydrogen) atoms. The van der Waals surface area contributed by atoms with Gasteiger partial charge in [-0.05, 0) is 54.6 Å². The lowest BCUT2D eigenvalue weighted by Gasteiger charge is -2.14. The summed E-state index contributed by atoms with van der Waals surface area (Å²) in [5, 5.41) is 16.4. The number of nitrogens with two attached hydrogens (primary N) is 1. The van der Waals surface area contributed by atoms with Crippen LogP contribution in [0.25, 0.3) is 0 Å². The van der Waals surface area contributed by atoms with Crippen molar-refractivity contribution in [2.75, 3.05) is 18.4 Å². The summed E-state index contributed by atoms with van der Waals surface area (Å²) in [6, 6.07) is 13.8. The molecule has 3 aromatic rings. The molecule has 0 fully saturated rings. The van der Waals surface area contributed by atoms with E-state index in [2.05, 4.69) is 27.8 Å². The van der Waals surface area contributed by atoms with E-state index in [1.54, 1.807) is 36.4 Å². The van der Waals surface area contributed by atoms with Crippen LogP contribution in [0.2, 0.25) is 0 Å². The van der Waals surface area contributed by atoms with Gasteiger partial charge in [-0.1, -0.05) is 17.9 Å². The Morgan fingerprint density at radius 3 is 2.08 bits per heavy atom. The molecule has 3 rings (SSSR count). The Morgan fingerprint density at radius 2 is 1.49 bits per heavy atom. The fourth-order valence-electron chi connectivity index (χ4n) is 3.26. The van der Waals surface area contributed by atoms with Gasteiger partial charge in [0.15, 0.2) is 17.5 Å². The molecule has 12 heteroatoms. The molecule has 7 N–H and O–H groups in total. The van der Waals surface area contributed by atoms with E-state index in [0.717, 1.165) is 12.1 Å². The van der Waals surface area contributed by atoms with Crippen LogP contribution in [0, 0.1) is 29.3 Å². The Kier molecular flexibility index (Phi) is 10.2. The molecular weight excluding hydrogens is 515 g/mol. The standard InChI is InChI=1S/C27H24F3N5O4/c28-21-12-9-19(24(29)25(21)30)14-32-15-23(36)33-20-10-5-17(6-11-20)2-1-16-3-7-18(8-4-16)26(37)34-22(13-31)27(38)35-39/h3-12,22,32,39H,13-15,31H2,(H,33,36)(H,34,37)(H,35,38)/t22-/m0/s1. The van der Waals surface area contributed by atoms with Crippen molar-refractivity contribution in [1.82, 2.24) is 16.1 Å². The fraction of sp³-hybridized carbons (Fsp3) is 0.148. The van der Waals surface area contributed by atoms with E-state index in [-0.39, 0.29) is 30.8 Å². The number of benzene rings is 3.